The van der Waals surface area contributed by atoms with Gasteiger partial charge in [0.05, 0.1) is 10.0 Å². The van der Waals surface area contributed by atoms with Crippen LogP contribution in [-0.4, -0.2) is 25.2 Å². The molecule has 0 spiro atoms. The van der Waals surface area contributed by atoms with Gasteiger partial charge in [-0.05, 0) is 61.6 Å². The SMILES string of the molecule is Cc1cc(Cl)c(OCCOc2ccc(CC(C)C(=O)NC3CC3)cc2)c(Cl)c1. The maximum Gasteiger partial charge on any atom is 0.223 e. The van der Waals surface area contributed by atoms with Crippen LogP contribution in [0.5, 0.6) is 11.5 Å². The van der Waals surface area contributed by atoms with E-state index < -0.39 is 0 Å². The highest BCUT2D eigenvalue weighted by molar-refractivity contribution is 6.37. The third kappa shape index (κ3) is 6.05. The number of nitrogens with one attached hydrogen (secondary N) is 1. The van der Waals surface area contributed by atoms with Crippen LogP contribution in [0.4, 0.5) is 0 Å². The molecule has 1 aliphatic carbocycles. The molecular weight excluding hydrogens is 397 g/mol. The Bertz CT molecular complexity index is 796. The van der Waals surface area contributed by atoms with E-state index in [1.165, 1.54) is 0 Å². The van der Waals surface area contributed by atoms with E-state index in [1.807, 2.05) is 50.2 Å². The summed E-state index contributed by atoms with van der Waals surface area (Å²) in [5.74, 6) is 1.33. The number of aryl methyl sites for hydroxylation is 1. The predicted octanol–water partition coefficient (Wildman–Crippen LogP) is 5.22. The predicted molar refractivity (Wildman–Crippen MR) is 113 cm³/mol. The van der Waals surface area contributed by atoms with E-state index in [-0.39, 0.29) is 11.8 Å². The van der Waals surface area contributed by atoms with Crippen molar-refractivity contribution in [3.8, 4) is 11.5 Å². The number of hydrogen-bond acceptors (Lipinski definition) is 3. The second-order valence-corrected chi connectivity index (χ2v) is 8.10. The number of ether oxygens (including phenoxy) is 2. The zero-order chi connectivity index (χ0) is 20.1. The Morgan fingerprint density at radius 2 is 1.71 bits per heavy atom. The molecule has 3 rings (SSSR count). The number of carbonyl (C=O) groups is 1. The molecule has 0 heterocycles. The summed E-state index contributed by atoms with van der Waals surface area (Å²) in [5, 5.41) is 4.04. The molecule has 0 aliphatic heterocycles. The molecule has 1 aliphatic rings. The lowest BCUT2D eigenvalue weighted by Crippen LogP contribution is -2.31. The van der Waals surface area contributed by atoms with Gasteiger partial charge in [0.15, 0.2) is 5.75 Å². The van der Waals surface area contributed by atoms with Crippen LogP contribution in [0.25, 0.3) is 0 Å². The van der Waals surface area contributed by atoms with Gasteiger partial charge in [-0.3, -0.25) is 4.79 Å². The molecule has 1 fully saturated rings. The van der Waals surface area contributed by atoms with Gasteiger partial charge in [0, 0.05) is 12.0 Å². The summed E-state index contributed by atoms with van der Waals surface area (Å²) in [6.07, 6.45) is 2.93. The molecule has 28 heavy (non-hydrogen) atoms. The van der Waals surface area contributed by atoms with Gasteiger partial charge in [0.25, 0.3) is 0 Å². The van der Waals surface area contributed by atoms with E-state index in [9.17, 15) is 4.79 Å². The van der Waals surface area contributed by atoms with Crippen molar-refractivity contribution in [2.45, 2.75) is 39.2 Å². The molecule has 1 unspecified atom stereocenters. The maximum absolute atomic E-state index is 12.1. The molecular formula is C22H25Cl2NO3. The Labute approximate surface area is 176 Å². The average molecular weight is 422 g/mol. The second-order valence-electron chi connectivity index (χ2n) is 7.29. The molecule has 1 saturated carbocycles. The molecule has 2 aromatic carbocycles. The number of benzene rings is 2. The first-order valence-corrected chi connectivity index (χ1v) is 10.3. The molecule has 6 heteroatoms. The lowest BCUT2D eigenvalue weighted by atomic mass is 10.0. The number of halogens is 2. The first kappa shape index (κ1) is 20.8. The van der Waals surface area contributed by atoms with Gasteiger partial charge in [-0.15, -0.1) is 0 Å². The van der Waals surface area contributed by atoms with Crippen LogP contribution >= 0.6 is 23.2 Å². The van der Waals surface area contributed by atoms with E-state index >= 15 is 0 Å². The Balaban J connectivity index is 1.42. The summed E-state index contributed by atoms with van der Waals surface area (Å²) in [7, 11) is 0. The van der Waals surface area contributed by atoms with Crippen LogP contribution in [0.2, 0.25) is 10.0 Å². The van der Waals surface area contributed by atoms with Gasteiger partial charge in [0.2, 0.25) is 5.91 Å². The molecule has 0 saturated heterocycles. The van der Waals surface area contributed by atoms with Crippen molar-refractivity contribution in [1.29, 1.82) is 0 Å². The van der Waals surface area contributed by atoms with Crippen LogP contribution in [-0.2, 0) is 11.2 Å². The van der Waals surface area contributed by atoms with Crippen molar-refractivity contribution in [2.75, 3.05) is 13.2 Å². The normalized spacial score (nSPS) is 14.4. The standard InChI is InChI=1S/C22H25Cl2NO3/c1-14-11-19(23)21(20(24)12-14)28-10-9-27-18-7-3-16(4-8-18)13-15(2)22(26)25-17-5-6-17/h3-4,7-8,11-12,15,17H,5-6,9-10,13H2,1-2H3,(H,25,26). The van der Waals surface area contributed by atoms with E-state index in [0.717, 1.165) is 29.7 Å². The minimum atomic E-state index is -0.0372. The van der Waals surface area contributed by atoms with Gasteiger partial charge in [-0.2, -0.15) is 0 Å². The molecule has 1 N–H and O–H groups in total. The minimum absolute atomic E-state index is 0.0372. The first-order valence-electron chi connectivity index (χ1n) is 9.53. The Morgan fingerprint density at radius 3 is 2.32 bits per heavy atom. The van der Waals surface area contributed by atoms with Crippen molar-refractivity contribution in [3.05, 3.63) is 57.6 Å². The lowest BCUT2D eigenvalue weighted by molar-refractivity contribution is -0.124. The van der Waals surface area contributed by atoms with Gasteiger partial charge >= 0.3 is 0 Å². The summed E-state index contributed by atoms with van der Waals surface area (Å²) in [6.45, 7) is 4.60. The second kappa shape index (κ2) is 9.53. The van der Waals surface area contributed by atoms with Gasteiger partial charge in [-0.1, -0.05) is 42.3 Å². The minimum Gasteiger partial charge on any atom is -0.490 e. The van der Waals surface area contributed by atoms with Crippen molar-refractivity contribution < 1.29 is 14.3 Å². The largest absolute Gasteiger partial charge is 0.490 e. The highest BCUT2D eigenvalue weighted by Gasteiger charge is 2.25. The third-order valence-corrected chi connectivity index (χ3v) is 5.14. The molecule has 1 atom stereocenters. The highest BCUT2D eigenvalue weighted by Crippen LogP contribution is 2.33. The Hall–Kier alpha value is -1.91. The summed E-state index contributed by atoms with van der Waals surface area (Å²) < 4.78 is 11.4. The van der Waals surface area contributed by atoms with E-state index in [0.29, 0.717) is 41.5 Å². The third-order valence-electron chi connectivity index (χ3n) is 4.58. The Morgan fingerprint density at radius 1 is 1.11 bits per heavy atom. The summed E-state index contributed by atoms with van der Waals surface area (Å²) >= 11 is 12.3. The lowest BCUT2D eigenvalue weighted by Gasteiger charge is -2.13. The number of hydrogen-bond donors (Lipinski definition) is 1. The fraction of sp³-hybridized carbons (Fsp3) is 0.409. The molecule has 0 bridgehead atoms. The fourth-order valence-electron chi connectivity index (χ4n) is 2.87. The molecule has 4 nitrogen and oxygen atoms in total. The molecule has 1 amide bonds. The van der Waals surface area contributed by atoms with Crippen LogP contribution in [0, 0.1) is 12.8 Å². The molecule has 0 aromatic heterocycles. The van der Waals surface area contributed by atoms with E-state index in [2.05, 4.69) is 5.32 Å². The topological polar surface area (TPSA) is 47.6 Å². The van der Waals surface area contributed by atoms with Crippen LogP contribution in [0.3, 0.4) is 0 Å². The summed E-state index contributed by atoms with van der Waals surface area (Å²) in [6, 6.07) is 11.8. The monoisotopic (exact) mass is 421 g/mol. The number of rotatable bonds is 9. The van der Waals surface area contributed by atoms with Crippen molar-refractivity contribution in [2.24, 2.45) is 5.92 Å². The van der Waals surface area contributed by atoms with Crippen LogP contribution in [0.15, 0.2) is 36.4 Å². The Kier molecular flexibility index (Phi) is 7.08. The summed E-state index contributed by atoms with van der Waals surface area (Å²) in [4.78, 5) is 12.1. The zero-order valence-corrected chi connectivity index (χ0v) is 17.6. The van der Waals surface area contributed by atoms with E-state index in [1.54, 1.807) is 0 Å². The quantitative estimate of drug-likeness (QED) is 0.564. The molecule has 150 valence electrons. The molecule has 0 radical (unpaired) electrons. The van der Waals surface area contributed by atoms with Gasteiger partial charge in [0.1, 0.15) is 19.0 Å². The maximum atomic E-state index is 12.1. The first-order chi connectivity index (χ1) is 13.4. The average Bonchev–Trinajstić information content (AvgIpc) is 3.45. The van der Waals surface area contributed by atoms with Gasteiger partial charge in [-0.25, -0.2) is 0 Å². The zero-order valence-electron chi connectivity index (χ0n) is 16.1. The van der Waals surface area contributed by atoms with Crippen LogP contribution in [0.1, 0.15) is 30.9 Å². The number of amides is 1. The van der Waals surface area contributed by atoms with E-state index in [4.69, 9.17) is 32.7 Å². The van der Waals surface area contributed by atoms with Gasteiger partial charge < -0.3 is 14.8 Å². The highest BCUT2D eigenvalue weighted by atomic mass is 35.5. The molecule has 2 aromatic rings. The van der Waals surface area contributed by atoms with Crippen molar-refractivity contribution >= 4 is 29.1 Å². The smallest absolute Gasteiger partial charge is 0.223 e. The van der Waals surface area contributed by atoms with Crippen molar-refractivity contribution in [3.63, 3.8) is 0 Å². The van der Waals surface area contributed by atoms with Crippen molar-refractivity contribution in [1.82, 2.24) is 5.32 Å². The number of carbonyl (C=O) groups excluding carboxylic acids is 1. The fourth-order valence-corrected chi connectivity index (χ4v) is 3.57. The summed E-state index contributed by atoms with van der Waals surface area (Å²) in [5.41, 5.74) is 2.10. The van der Waals surface area contributed by atoms with Crippen LogP contribution < -0.4 is 14.8 Å².